The molecule has 0 aromatic carbocycles. The van der Waals surface area contributed by atoms with Crippen molar-refractivity contribution in [2.24, 2.45) is 0 Å². The van der Waals surface area contributed by atoms with Gasteiger partial charge < -0.3 is 13.9 Å². The predicted molar refractivity (Wildman–Crippen MR) is 54.5 cm³/mol. The second-order valence-electron chi connectivity index (χ2n) is 3.00. The molecule has 4 nitrogen and oxygen atoms in total. The van der Waals surface area contributed by atoms with Crippen LogP contribution in [0.25, 0.3) is 0 Å². The van der Waals surface area contributed by atoms with Crippen molar-refractivity contribution in [2.45, 2.75) is 19.8 Å². The molecule has 0 amide bonds. The Balaban J connectivity index is 2.04. The SMILES string of the molecule is CCOCCOC(=O)CCc1ccco1. The molecule has 1 aromatic rings. The minimum absolute atomic E-state index is 0.217. The van der Waals surface area contributed by atoms with Gasteiger partial charge >= 0.3 is 5.97 Å². The van der Waals surface area contributed by atoms with Gasteiger partial charge in [-0.3, -0.25) is 4.79 Å². The molecule has 0 unspecified atom stereocenters. The molecule has 0 saturated carbocycles. The molecule has 0 saturated heterocycles. The smallest absolute Gasteiger partial charge is 0.306 e. The third-order valence-corrected chi connectivity index (χ3v) is 1.85. The summed E-state index contributed by atoms with van der Waals surface area (Å²) in [5, 5.41) is 0. The van der Waals surface area contributed by atoms with E-state index in [4.69, 9.17) is 13.9 Å². The van der Waals surface area contributed by atoms with Crippen LogP contribution in [0.5, 0.6) is 0 Å². The molecular weight excluding hydrogens is 196 g/mol. The van der Waals surface area contributed by atoms with Crippen molar-refractivity contribution in [1.82, 2.24) is 0 Å². The second kappa shape index (κ2) is 7.06. The normalized spacial score (nSPS) is 10.2. The number of rotatable bonds is 7. The number of aryl methyl sites for hydroxylation is 1. The largest absolute Gasteiger partial charge is 0.469 e. The first kappa shape index (κ1) is 11.8. The summed E-state index contributed by atoms with van der Waals surface area (Å²) in [6.45, 7) is 3.33. The van der Waals surface area contributed by atoms with Gasteiger partial charge in [-0.15, -0.1) is 0 Å². The molecule has 1 rings (SSSR count). The standard InChI is InChI=1S/C11H16O4/c1-2-13-8-9-15-11(12)6-5-10-4-3-7-14-10/h3-4,7H,2,5-6,8-9H2,1H3. The number of hydrogen-bond acceptors (Lipinski definition) is 4. The molecular formula is C11H16O4. The maximum atomic E-state index is 11.2. The van der Waals surface area contributed by atoms with Crippen molar-refractivity contribution >= 4 is 5.97 Å². The number of esters is 1. The zero-order valence-electron chi connectivity index (χ0n) is 8.90. The van der Waals surface area contributed by atoms with E-state index in [1.165, 1.54) is 0 Å². The molecule has 0 aliphatic carbocycles. The monoisotopic (exact) mass is 212 g/mol. The van der Waals surface area contributed by atoms with Crippen LogP contribution in [0, 0.1) is 0 Å². The number of hydrogen-bond donors (Lipinski definition) is 0. The van der Waals surface area contributed by atoms with Crippen molar-refractivity contribution < 1.29 is 18.7 Å². The zero-order chi connectivity index (χ0) is 10.9. The van der Waals surface area contributed by atoms with E-state index >= 15 is 0 Å². The van der Waals surface area contributed by atoms with Crippen LogP contribution in [0.1, 0.15) is 19.1 Å². The maximum Gasteiger partial charge on any atom is 0.306 e. The topological polar surface area (TPSA) is 48.7 Å². The maximum absolute atomic E-state index is 11.2. The van der Waals surface area contributed by atoms with Gasteiger partial charge in [-0.1, -0.05) is 0 Å². The van der Waals surface area contributed by atoms with E-state index in [-0.39, 0.29) is 5.97 Å². The van der Waals surface area contributed by atoms with Crippen molar-refractivity contribution in [1.29, 1.82) is 0 Å². The van der Waals surface area contributed by atoms with Crippen LogP contribution >= 0.6 is 0 Å². The fourth-order valence-electron chi connectivity index (χ4n) is 1.11. The fourth-order valence-corrected chi connectivity index (χ4v) is 1.11. The number of furan rings is 1. The second-order valence-corrected chi connectivity index (χ2v) is 3.00. The third kappa shape index (κ3) is 5.22. The average Bonchev–Trinajstić information content (AvgIpc) is 2.74. The van der Waals surface area contributed by atoms with E-state index in [1.807, 2.05) is 13.0 Å². The molecule has 0 bridgehead atoms. The van der Waals surface area contributed by atoms with Crippen molar-refractivity contribution in [3.05, 3.63) is 24.2 Å². The van der Waals surface area contributed by atoms with Gasteiger partial charge in [0.2, 0.25) is 0 Å². The number of ether oxygens (including phenoxy) is 2. The molecule has 0 N–H and O–H groups in total. The summed E-state index contributed by atoms with van der Waals surface area (Å²) in [5.74, 6) is 0.586. The van der Waals surface area contributed by atoms with Crippen LogP contribution in [-0.4, -0.2) is 25.8 Å². The van der Waals surface area contributed by atoms with Crippen molar-refractivity contribution in [3.63, 3.8) is 0 Å². The summed E-state index contributed by atoms with van der Waals surface area (Å²) >= 11 is 0. The third-order valence-electron chi connectivity index (χ3n) is 1.85. The van der Waals surface area contributed by atoms with E-state index in [2.05, 4.69) is 0 Å². The Morgan fingerprint density at radius 1 is 1.47 bits per heavy atom. The summed E-state index contributed by atoms with van der Waals surface area (Å²) in [4.78, 5) is 11.2. The van der Waals surface area contributed by atoms with E-state index in [1.54, 1.807) is 12.3 Å². The Hall–Kier alpha value is -1.29. The first-order chi connectivity index (χ1) is 7.33. The van der Waals surface area contributed by atoms with Crippen LogP contribution < -0.4 is 0 Å². The van der Waals surface area contributed by atoms with Crippen LogP contribution in [0.2, 0.25) is 0 Å². The minimum Gasteiger partial charge on any atom is -0.469 e. The highest BCUT2D eigenvalue weighted by molar-refractivity contribution is 5.69. The highest BCUT2D eigenvalue weighted by Crippen LogP contribution is 2.04. The van der Waals surface area contributed by atoms with Gasteiger partial charge in [-0.05, 0) is 19.1 Å². The lowest BCUT2D eigenvalue weighted by atomic mass is 10.2. The van der Waals surface area contributed by atoms with Gasteiger partial charge in [0.15, 0.2) is 0 Å². The molecule has 0 aliphatic rings. The molecule has 1 aromatic heterocycles. The summed E-state index contributed by atoms with van der Waals surface area (Å²) in [7, 11) is 0. The van der Waals surface area contributed by atoms with Crippen molar-refractivity contribution in [3.8, 4) is 0 Å². The average molecular weight is 212 g/mol. The lowest BCUT2D eigenvalue weighted by Crippen LogP contribution is -2.11. The molecule has 0 fully saturated rings. The van der Waals surface area contributed by atoms with Crippen LogP contribution in [-0.2, 0) is 20.7 Å². The van der Waals surface area contributed by atoms with E-state index in [0.717, 1.165) is 5.76 Å². The van der Waals surface area contributed by atoms with Crippen LogP contribution in [0.3, 0.4) is 0 Å². The first-order valence-electron chi connectivity index (χ1n) is 5.08. The summed E-state index contributed by atoms with van der Waals surface area (Å²) in [6, 6.07) is 3.64. The van der Waals surface area contributed by atoms with E-state index in [9.17, 15) is 4.79 Å². The Morgan fingerprint density at radius 2 is 2.33 bits per heavy atom. The van der Waals surface area contributed by atoms with Crippen LogP contribution in [0.15, 0.2) is 22.8 Å². The van der Waals surface area contributed by atoms with E-state index < -0.39 is 0 Å². The molecule has 0 spiro atoms. The molecule has 0 aliphatic heterocycles. The highest BCUT2D eigenvalue weighted by atomic mass is 16.6. The molecule has 1 heterocycles. The Bertz CT molecular complexity index is 266. The predicted octanol–water partition coefficient (Wildman–Crippen LogP) is 1.79. The van der Waals surface area contributed by atoms with Gasteiger partial charge in [0.25, 0.3) is 0 Å². The van der Waals surface area contributed by atoms with E-state index in [0.29, 0.717) is 32.7 Å². The van der Waals surface area contributed by atoms with Gasteiger partial charge in [0.1, 0.15) is 12.4 Å². The van der Waals surface area contributed by atoms with Gasteiger partial charge in [0.05, 0.1) is 19.3 Å². The van der Waals surface area contributed by atoms with Gasteiger partial charge in [0, 0.05) is 13.0 Å². The molecule has 84 valence electrons. The first-order valence-corrected chi connectivity index (χ1v) is 5.08. The number of carbonyl (C=O) groups is 1. The summed E-state index contributed by atoms with van der Waals surface area (Å²) < 4.78 is 15.1. The van der Waals surface area contributed by atoms with Crippen molar-refractivity contribution in [2.75, 3.05) is 19.8 Å². The van der Waals surface area contributed by atoms with Gasteiger partial charge in [-0.25, -0.2) is 0 Å². The lowest BCUT2D eigenvalue weighted by molar-refractivity contribution is -0.145. The summed E-state index contributed by atoms with van der Waals surface area (Å²) in [5.41, 5.74) is 0. The Kier molecular flexibility index (Phi) is 5.55. The quantitative estimate of drug-likeness (QED) is 0.510. The summed E-state index contributed by atoms with van der Waals surface area (Å²) in [6.07, 6.45) is 2.52. The fraction of sp³-hybridized carbons (Fsp3) is 0.545. The Morgan fingerprint density at radius 3 is 3.00 bits per heavy atom. The number of carbonyl (C=O) groups excluding carboxylic acids is 1. The zero-order valence-corrected chi connectivity index (χ0v) is 8.90. The molecule has 0 radical (unpaired) electrons. The lowest BCUT2D eigenvalue weighted by Gasteiger charge is -2.03. The highest BCUT2D eigenvalue weighted by Gasteiger charge is 2.04. The Labute approximate surface area is 89.2 Å². The van der Waals surface area contributed by atoms with Crippen LogP contribution in [0.4, 0.5) is 0 Å². The van der Waals surface area contributed by atoms with Gasteiger partial charge in [-0.2, -0.15) is 0 Å². The molecule has 4 heteroatoms. The molecule has 15 heavy (non-hydrogen) atoms. The molecule has 0 atom stereocenters. The minimum atomic E-state index is -0.217.